The molecular formula is C26H29F6N2O3Si. The van der Waals surface area contributed by atoms with Gasteiger partial charge < -0.3 is 18.8 Å². The second-order valence-corrected chi connectivity index (χ2v) is 12.1. The van der Waals surface area contributed by atoms with Gasteiger partial charge in [0.05, 0.1) is 5.70 Å². The fourth-order valence-corrected chi connectivity index (χ4v) is 4.55. The van der Waals surface area contributed by atoms with E-state index in [2.05, 4.69) is 14.5 Å². The number of benzene rings is 1. The predicted molar refractivity (Wildman–Crippen MR) is 134 cm³/mol. The highest BCUT2D eigenvalue weighted by molar-refractivity contribution is 6.48. The molecule has 1 heterocycles. The van der Waals surface area contributed by atoms with Crippen LogP contribution in [0.15, 0.2) is 66.1 Å². The van der Waals surface area contributed by atoms with E-state index in [1.165, 1.54) is 17.0 Å². The van der Waals surface area contributed by atoms with E-state index in [-0.39, 0.29) is 29.6 Å². The molecule has 0 saturated heterocycles. The number of nitrogens with zero attached hydrogens (tertiary/aromatic N) is 2. The lowest BCUT2D eigenvalue weighted by atomic mass is 9.75. The molecule has 1 radical (unpaired) electrons. The second kappa shape index (κ2) is 12.1. The summed E-state index contributed by atoms with van der Waals surface area (Å²) in [6, 6.07) is 6.85. The second-order valence-electron chi connectivity index (χ2n) is 9.78. The van der Waals surface area contributed by atoms with Gasteiger partial charge in [-0.05, 0) is 48.3 Å². The van der Waals surface area contributed by atoms with Crippen LogP contribution in [0.5, 0.6) is 11.5 Å². The fraction of sp³-hybridized carbons (Fsp3) is 0.385. The molecule has 38 heavy (non-hydrogen) atoms. The minimum absolute atomic E-state index is 0.0248. The van der Waals surface area contributed by atoms with Gasteiger partial charge in [0.1, 0.15) is 0 Å². The van der Waals surface area contributed by atoms with E-state index < -0.39 is 51.2 Å². The summed E-state index contributed by atoms with van der Waals surface area (Å²) in [6.07, 6.45) is 2.54. The molecule has 0 spiro atoms. The molecule has 1 aromatic heterocycles. The van der Waals surface area contributed by atoms with Crippen molar-refractivity contribution in [2.24, 2.45) is 5.41 Å². The predicted octanol–water partition coefficient (Wildman–Crippen LogP) is 7.33. The minimum Gasteiger partial charge on any atom is -0.544 e. The molecule has 0 amide bonds. The van der Waals surface area contributed by atoms with Crippen molar-refractivity contribution in [3.63, 3.8) is 0 Å². The number of hydrogen-bond donors (Lipinski definition) is 0. The van der Waals surface area contributed by atoms with Crippen LogP contribution < -0.4 is 14.4 Å². The Morgan fingerprint density at radius 3 is 2.24 bits per heavy atom. The third-order valence-corrected chi connectivity index (χ3v) is 6.19. The Labute approximate surface area is 219 Å². The first-order valence-electron chi connectivity index (χ1n) is 11.8. The first kappa shape index (κ1) is 29.4. The average molecular weight is 560 g/mol. The van der Waals surface area contributed by atoms with Crippen LogP contribution in [0.2, 0.25) is 13.1 Å². The lowest BCUT2D eigenvalue weighted by Gasteiger charge is -2.38. The van der Waals surface area contributed by atoms with Crippen molar-refractivity contribution in [1.29, 1.82) is 0 Å². The van der Waals surface area contributed by atoms with Crippen LogP contribution >= 0.6 is 0 Å². The van der Waals surface area contributed by atoms with Gasteiger partial charge in [0, 0.05) is 36.6 Å². The summed E-state index contributed by atoms with van der Waals surface area (Å²) in [6.45, 7) is 2.17. The fourth-order valence-electron chi connectivity index (χ4n) is 3.85. The van der Waals surface area contributed by atoms with Gasteiger partial charge in [-0.25, -0.2) is 8.78 Å². The highest BCUT2D eigenvalue weighted by atomic mass is 28.3. The molecule has 0 fully saturated rings. The van der Waals surface area contributed by atoms with E-state index in [0.29, 0.717) is 5.56 Å². The molecule has 3 rings (SSSR count). The van der Waals surface area contributed by atoms with Crippen LogP contribution in [-0.4, -0.2) is 33.4 Å². The molecule has 1 aromatic carbocycles. The first-order chi connectivity index (χ1) is 17.8. The van der Waals surface area contributed by atoms with Crippen molar-refractivity contribution in [1.82, 2.24) is 4.98 Å². The monoisotopic (exact) mass is 559 g/mol. The van der Waals surface area contributed by atoms with Crippen LogP contribution in [0, 0.1) is 11.3 Å². The topological polar surface area (TPSA) is 43.8 Å². The van der Waals surface area contributed by atoms with Gasteiger partial charge in [0.25, 0.3) is 0 Å². The standard InChI is InChI=1S/C26H29F6N2O3Si/c1-26(2,3)17-12-18(23(37-38(4)5)22(28)21(17)27)34(14-15-7-6-10-33-13-15)16-8-9-19(35-24(29)30)20(11-16)36-25(31)32/h6-13,21,24-25,38H,14H2,1-5H3. The van der Waals surface area contributed by atoms with E-state index in [9.17, 15) is 17.6 Å². The van der Waals surface area contributed by atoms with Crippen molar-refractivity contribution in [3.05, 3.63) is 77.6 Å². The first-order valence-corrected chi connectivity index (χ1v) is 14.6. The molecule has 1 aliphatic carbocycles. The van der Waals surface area contributed by atoms with E-state index in [0.717, 1.165) is 12.1 Å². The number of rotatable bonds is 10. The molecule has 0 saturated carbocycles. The summed E-state index contributed by atoms with van der Waals surface area (Å²) in [5.74, 6) is -2.53. The van der Waals surface area contributed by atoms with E-state index in [4.69, 9.17) is 4.43 Å². The highest BCUT2D eigenvalue weighted by Crippen LogP contribution is 2.46. The number of allylic oxidation sites excluding steroid dienone is 2. The average Bonchev–Trinajstić information content (AvgIpc) is 2.81. The SMILES string of the molecule is C[SiH](C)OC1=C(F)C(F)[C](C(C)(C)C)C=C1N(Cc1cccnc1)c1ccc(OC(F)F)c(OC(F)F)c1. The van der Waals surface area contributed by atoms with E-state index >= 15 is 8.78 Å². The molecule has 0 aliphatic heterocycles. The van der Waals surface area contributed by atoms with Crippen LogP contribution in [0.1, 0.15) is 26.3 Å². The third-order valence-electron chi connectivity index (χ3n) is 5.48. The Hall–Kier alpha value is -3.15. The van der Waals surface area contributed by atoms with Crippen LogP contribution in [0.4, 0.5) is 32.0 Å². The van der Waals surface area contributed by atoms with Gasteiger partial charge in [-0.2, -0.15) is 17.6 Å². The zero-order valence-corrected chi connectivity index (χ0v) is 22.7. The molecule has 1 aliphatic rings. The normalized spacial score (nSPS) is 16.8. The summed E-state index contributed by atoms with van der Waals surface area (Å²) in [5.41, 5.74) is 0.153. The number of ether oxygens (including phenoxy) is 2. The van der Waals surface area contributed by atoms with Crippen LogP contribution in [0.25, 0.3) is 0 Å². The van der Waals surface area contributed by atoms with E-state index in [1.54, 1.807) is 58.4 Å². The molecule has 5 nitrogen and oxygen atoms in total. The lowest BCUT2D eigenvalue weighted by molar-refractivity contribution is -0.0692. The van der Waals surface area contributed by atoms with Gasteiger partial charge in [0.2, 0.25) is 9.04 Å². The number of pyridine rings is 1. The van der Waals surface area contributed by atoms with Crippen molar-refractivity contribution in [3.8, 4) is 11.5 Å². The maximum absolute atomic E-state index is 15.6. The minimum atomic E-state index is -3.33. The van der Waals surface area contributed by atoms with Gasteiger partial charge in [-0.15, -0.1) is 0 Å². The van der Waals surface area contributed by atoms with E-state index in [1.807, 2.05) is 0 Å². The zero-order valence-electron chi connectivity index (χ0n) is 21.5. The van der Waals surface area contributed by atoms with Gasteiger partial charge in [-0.1, -0.05) is 26.8 Å². The molecule has 1 unspecified atom stereocenters. The molecular weight excluding hydrogens is 530 g/mol. The molecule has 2 aromatic rings. The number of halogens is 6. The Morgan fingerprint density at radius 1 is 1.03 bits per heavy atom. The van der Waals surface area contributed by atoms with Crippen LogP contribution in [0.3, 0.4) is 0 Å². The maximum atomic E-state index is 15.6. The van der Waals surface area contributed by atoms with Crippen molar-refractivity contribution >= 4 is 14.7 Å². The Balaban J connectivity index is 2.23. The summed E-state index contributed by atoms with van der Waals surface area (Å²) in [4.78, 5) is 5.58. The van der Waals surface area contributed by atoms with Gasteiger partial charge >= 0.3 is 13.2 Å². The van der Waals surface area contributed by atoms with Gasteiger partial charge in [0.15, 0.2) is 29.3 Å². The molecule has 1 atom stereocenters. The third kappa shape index (κ3) is 7.24. The quantitative estimate of drug-likeness (QED) is 0.225. The summed E-state index contributed by atoms with van der Waals surface area (Å²) >= 11 is 0. The Morgan fingerprint density at radius 2 is 1.68 bits per heavy atom. The Bertz CT molecular complexity index is 1160. The van der Waals surface area contributed by atoms with Crippen molar-refractivity contribution in [2.75, 3.05) is 4.90 Å². The summed E-state index contributed by atoms with van der Waals surface area (Å²) in [5, 5.41) is 0. The van der Waals surface area contributed by atoms with Crippen molar-refractivity contribution < 1.29 is 40.2 Å². The Kier molecular flexibility index (Phi) is 9.39. The van der Waals surface area contributed by atoms with Crippen LogP contribution in [-0.2, 0) is 11.0 Å². The number of alkyl halides is 5. The molecule has 0 N–H and O–H groups in total. The number of hydrogen-bond acceptors (Lipinski definition) is 5. The maximum Gasteiger partial charge on any atom is 0.387 e. The number of aromatic nitrogens is 1. The molecule has 12 heteroatoms. The number of anilines is 1. The van der Waals surface area contributed by atoms with Crippen molar-refractivity contribution in [2.45, 2.75) is 59.8 Å². The molecule has 0 bridgehead atoms. The van der Waals surface area contributed by atoms with Gasteiger partial charge in [-0.3, -0.25) is 4.98 Å². The molecule has 207 valence electrons. The largest absolute Gasteiger partial charge is 0.544 e. The summed E-state index contributed by atoms with van der Waals surface area (Å²) < 4.78 is 97.6. The highest BCUT2D eigenvalue weighted by Gasteiger charge is 2.42. The lowest BCUT2D eigenvalue weighted by Crippen LogP contribution is -2.35. The smallest absolute Gasteiger partial charge is 0.387 e. The zero-order chi connectivity index (χ0) is 28.2. The summed E-state index contributed by atoms with van der Waals surface area (Å²) in [7, 11) is -1.97.